The number of sulfonamides is 1. The molecular weight excluding hydrogens is 328 g/mol. The number of non-ortho nitro benzene ring substituents is 1. The molecule has 24 heavy (non-hydrogen) atoms. The Morgan fingerprint density at radius 3 is 2.12 bits per heavy atom. The lowest BCUT2D eigenvalue weighted by atomic mass is 10.0. The first-order valence-corrected chi connectivity index (χ1v) is 9.11. The molecule has 7 heteroatoms. The van der Waals surface area contributed by atoms with Crippen LogP contribution in [0.25, 0.3) is 0 Å². The van der Waals surface area contributed by atoms with Crippen LogP contribution >= 0.6 is 0 Å². The molecule has 2 aromatic carbocycles. The summed E-state index contributed by atoms with van der Waals surface area (Å²) in [5, 5.41) is 10.6. The molecule has 0 saturated carbocycles. The van der Waals surface area contributed by atoms with Gasteiger partial charge < -0.3 is 0 Å². The maximum atomic E-state index is 12.2. The van der Waals surface area contributed by atoms with Gasteiger partial charge in [0.2, 0.25) is 10.0 Å². The molecule has 0 aromatic heterocycles. The van der Waals surface area contributed by atoms with E-state index in [9.17, 15) is 18.5 Å². The Hall–Kier alpha value is -2.25. The van der Waals surface area contributed by atoms with Crippen molar-refractivity contribution in [3.05, 3.63) is 69.8 Å². The summed E-state index contributed by atoms with van der Waals surface area (Å²) < 4.78 is 26.8. The molecule has 0 amide bonds. The summed E-state index contributed by atoms with van der Waals surface area (Å²) in [4.78, 5) is 10.0. The zero-order chi connectivity index (χ0) is 17.7. The molecule has 0 aliphatic carbocycles. The maximum Gasteiger partial charge on any atom is 0.269 e. The molecule has 0 aliphatic rings. The fraction of sp³-hybridized carbons (Fsp3) is 0.294. The normalized spacial score (nSPS) is 11.6. The van der Waals surface area contributed by atoms with Crippen molar-refractivity contribution in [2.24, 2.45) is 0 Å². The molecule has 0 fully saturated rings. The minimum atomic E-state index is -3.67. The molecule has 0 atom stereocenters. The van der Waals surface area contributed by atoms with Gasteiger partial charge in [0.1, 0.15) is 0 Å². The van der Waals surface area contributed by atoms with E-state index in [4.69, 9.17) is 0 Å². The van der Waals surface area contributed by atoms with Gasteiger partial charge in [-0.05, 0) is 35.6 Å². The van der Waals surface area contributed by atoms with E-state index in [0.29, 0.717) is 12.3 Å². The van der Waals surface area contributed by atoms with Crippen molar-refractivity contribution in [3.63, 3.8) is 0 Å². The second kappa shape index (κ2) is 7.55. The van der Waals surface area contributed by atoms with Crippen LogP contribution in [0.5, 0.6) is 0 Å². The summed E-state index contributed by atoms with van der Waals surface area (Å²) in [5.74, 6) is 0.458. The number of nitrogens with zero attached hydrogens (tertiary/aromatic N) is 1. The number of hydrogen-bond donors (Lipinski definition) is 1. The van der Waals surface area contributed by atoms with Gasteiger partial charge in [0.25, 0.3) is 5.69 Å². The molecule has 0 heterocycles. The van der Waals surface area contributed by atoms with Gasteiger partial charge >= 0.3 is 0 Å². The van der Waals surface area contributed by atoms with Gasteiger partial charge in [-0.3, -0.25) is 10.1 Å². The Balaban J connectivity index is 1.96. The third kappa shape index (κ3) is 4.62. The van der Waals surface area contributed by atoms with E-state index in [0.717, 1.165) is 5.56 Å². The number of rotatable bonds is 7. The molecule has 2 rings (SSSR count). The molecule has 0 saturated heterocycles. The highest BCUT2D eigenvalue weighted by Gasteiger charge is 2.15. The van der Waals surface area contributed by atoms with Gasteiger partial charge in [-0.1, -0.05) is 38.1 Å². The second-order valence-corrected chi connectivity index (χ2v) is 7.56. The van der Waals surface area contributed by atoms with E-state index in [1.165, 1.54) is 29.8 Å². The zero-order valence-electron chi connectivity index (χ0n) is 13.6. The summed E-state index contributed by atoms with van der Waals surface area (Å²) in [6, 6.07) is 12.9. The van der Waals surface area contributed by atoms with Crippen LogP contribution < -0.4 is 4.72 Å². The summed E-state index contributed by atoms with van der Waals surface area (Å²) in [6.07, 6.45) is 0.574. The summed E-state index contributed by atoms with van der Waals surface area (Å²) >= 11 is 0. The van der Waals surface area contributed by atoms with Crippen LogP contribution in [0.3, 0.4) is 0 Å². The van der Waals surface area contributed by atoms with Crippen LogP contribution in [0.2, 0.25) is 0 Å². The van der Waals surface area contributed by atoms with E-state index in [1.807, 2.05) is 24.3 Å². The molecule has 128 valence electrons. The Labute approximate surface area is 141 Å². The van der Waals surface area contributed by atoms with Gasteiger partial charge in [0.15, 0.2) is 0 Å². The molecule has 2 aromatic rings. The Morgan fingerprint density at radius 1 is 1.04 bits per heavy atom. The monoisotopic (exact) mass is 348 g/mol. The number of nitro benzene ring substituents is 1. The van der Waals surface area contributed by atoms with Crippen molar-refractivity contribution >= 4 is 15.7 Å². The average molecular weight is 348 g/mol. The van der Waals surface area contributed by atoms with Gasteiger partial charge in [-0.15, -0.1) is 0 Å². The zero-order valence-corrected chi connectivity index (χ0v) is 14.4. The predicted octanol–water partition coefficient (Wildman–Crippen LogP) is 3.24. The summed E-state index contributed by atoms with van der Waals surface area (Å²) in [6.45, 7) is 4.50. The Morgan fingerprint density at radius 2 is 1.62 bits per heavy atom. The van der Waals surface area contributed by atoms with Gasteiger partial charge in [-0.25, -0.2) is 13.1 Å². The third-order valence-electron chi connectivity index (χ3n) is 3.71. The van der Waals surface area contributed by atoms with Crippen LogP contribution in [0.1, 0.15) is 30.9 Å². The molecular formula is C17H20N2O4S. The van der Waals surface area contributed by atoms with Crippen LogP contribution in [0, 0.1) is 10.1 Å². The molecule has 0 bridgehead atoms. The minimum absolute atomic E-state index is 0.0169. The van der Waals surface area contributed by atoms with Crippen LogP contribution in [-0.4, -0.2) is 19.9 Å². The van der Waals surface area contributed by atoms with Crippen molar-refractivity contribution in [1.29, 1.82) is 0 Å². The Bertz CT molecular complexity index is 797. The smallest absolute Gasteiger partial charge is 0.258 e. The summed E-state index contributed by atoms with van der Waals surface area (Å²) in [5.41, 5.74) is 2.15. The van der Waals surface area contributed by atoms with Crippen molar-refractivity contribution in [2.45, 2.75) is 31.1 Å². The van der Waals surface area contributed by atoms with Gasteiger partial charge in [0.05, 0.1) is 9.82 Å². The number of hydrogen-bond acceptors (Lipinski definition) is 4. The van der Waals surface area contributed by atoms with Crippen molar-refractivity contribution in [3.8, 4) is 0 Å². The molecule has 0 spiro atoms. The standard InChI is InChI=1S/C17H20N2O4S/c1-13(2)15-5-3-14(4-6-15)11-12-18-24(22,23)17-9-7-16(8-10-17)19(20)21/h3-10,13,18H,11-12H2,1-2H3. The predicted molar refractivity (Wildman–Crippen MR) is 92.5 cm³/mol. The lowest BCUT2D eigenvalue weighted by Gasteiger charge is -2.08. The lowest BCUT2D eigenvalue weighted by Crippen LogP contribution is -2.26. The number of nitrogens with one attached hydrogen (secondary N) is 1. The van der Waals surface area contributed by atoms with Crippen LogP contribution in [0.15, 0.2) is 53.4 Å². The fourth-order valence-electron chi connectivity index (χ4n) is 2.23. The van der Waals surface area contributed by atoms with E-state index >= 15 is 0 Å². The maximum absolute atomic E-state index is 12.2. The quantitative estimate of drug-likeness (QED) is 0.614. The van der Waals surface area contributed by atoms with Crippen molar-refractivity contribution < 1.29 is 13.3 Å². The van der Waals surface area contributed by atoms with Crippen molar-refractivity contribution in [2.75, 3.05) is 6.54 Å². The highest BCUT2D eigenvalue weighted by atomic mass is 32.2. The van der Waals surface area contributed by atoms with Crippen LogP contribution in [-0.2, 0) is 16.4 Å². The third-order valence-corrected chi connectivity index (χ3v) is 5.19. The van der Waals surface area contributed by atoms with Crippen LogP contribution in [0.4, 0.5) is 5.69 Å². The molecule has 6 nitrogen and oxygen atoms in total. The second-order valence-electron chi connectivity index (χ2n) is 5.80. The summed E-state index contributed by atoms with van der Waals surface area (Å²) in [7, 11) is -3.67. The first-order chi connectivity index (χ1) is 11.3. The first-order valence-electron chi connectivity index (χ1n) is 7.62. The minimum Gasteiger partial charge on any atom is -0.258 e. The molecule has 0 unspecified atom stereocenters. The first kappa shape index (κ1) is 18.1. The highest BCUT2D eigenvalue weighted by molar-refractivity contribution is 7.89. The van der Waals surface area contributed by atoms with Gasteiger partial charge in [-0.2, -0.15) is 0 Å². The van der Waals surface area contributed by atoms with E-state index in [1.54, 1.807) is 0 Å². The average Bonchev–Trinajstić information content (AvgIpc) is 2.55. The molecule has 1 N–H and O–H groups in total. The molecule has 0 aliphatic heterocycles. The van der Waals surface area contributed by atoms with E-state index in [-0.39, 0.29) is 17.1 Å². The highest BCUT2D eigenvalue weighted by Crippen LogP contribution is 2.16. The largest absolute Gasteiger partial charge is 0.269 e. The fourth-order valence-corrected chi connectivity index (χ4v) is 3.26. The SMILES string of the molecule is CC(C)c1ccc(CCNS(=O)(=O)c2ccc([N+](=O)[O-])cc2)cc1. The molecule has 0 radical (unpaired) electrons. The topological polar surface area (TPSA) is 89.3 Å². The number of benzene rings is 2. The van der Waals surface area contributed by atoms with E-state index < -0.39 is 14.9 Å². The Kier molecular flexibility index (Phi) is 5.69. The van der Waals surface area contributed by atoms with Crippen molar-refractivity contribution in [1.82, 2.24) is 4.72 Å². The van der Waals surface area contributed by atoms with E-state index in [2.05, 4.69) is 18.6 Å². The number of nitro groups is 1. The lowest BCUT2D eigenvalue weighted by molar-refractivity contribution is -0.384. The van der Waals surface area contributed by atoms with Gasteiger partial charge in [0, 0.05) is 18.7 Å².